The van der Waals surface area contributed by atoms with Crippen LogP contribution in [0.4, 0.5) is 14.9 Å². The highest BCUT2D eigenvalue weighted by Crippen LogP contribution is 2.36. The van der Waals surface area contributed by atoms with E-state index in [9.17, 15) is 14.0 Å². The third-order valence-electron chi connectivity index (χ3n) is 2.75. The highest BCUT2D eigenvalue weighted by atomic mass is 35.5. The van der Waals surface area contributed by atoms with Crippen molar-refractivity contribution in [1.82, 2.24) is 0 Å². The third-order valence-corrected chi connectivity index (χ3v) is 3.05. The molecule has 1 aromatic carbocycles. The summed E-state index contributed by atoms with van der Waals surface area (Å²) in [5, 5.41) is -0.00768. The zero-order chi connectivity index (χ0) is 16.6. The molecule has 7 heteroatoms. The lowest BCUT2D eigenvalue weighted by molar-refractivity contribution is -0.114. The molecule has 1 heterocycles. The first kappa shape index (κ1) is 16.0. The van der Waals surface area contributed by atoms with Crippen molar-refractivity contribution >= 4 is 29.3 Å². The van der Waals surface area contributed by atoms with E-state index in [1.54, 1.807) is 20.8 Å². The number of cyclic esters (lactones) is 1. The van der Waals surface area contributed by atoms with Crippen molar-refractivity contribution in [3.8, 4) is 5.75 Å². The topological polar surface area (TPSA) is 55.8 Å². The molecule has 0 aliphatic carbocycles. The van der Waals surface area contributed by atoms with Gasteiger partial charge in [0.05, 0.1) is 16.5 Å². The summed E-state index contributed by atoms with van der Waals surface area (Å²) in [6.07, 6.45) is -0.983. The van der Waals surface area contributed by atoms with Crippen LogP contribution >= 0.6 is 11.6 Å². The minimum atomic E-state index is -0.983. The Bertz CT molecular complexity index is 722. The molecule has 0 spiro atoms. The first-order chi connectivity index (χ1) is 10.2. The molecule has 0 unspecified atom stereocenters. The molecule has 1 aromatic rings. The molecule has 0 atom stereocenters. The average molecular weight is 326 g/mol. The van der Waals surface area contributed by atoms with E-state index in [1.165, 1.54) is 0 Å². The van der Waals surface area contributed by atoms with Crippen molar-refractivity contribution in [3.05, 3.63) is 46.6 Å². The number of halogens is 2. The third kappa shape index (κ3) is 2.82. The van der Waals surface area contributed by atoms with Crippen LogP contribution in [0, 0.1) is 5.82 Å². The number of rotatable bonds is 3. The van der Waals surface area contributed by atoms with Crippen molar-refractivity contribution in [3.63, 3.8) is 0 Å². The van der Waals surface area contributed by atoms with E-state index in [-0.39, 0.29) is 22.2 Å². The van der Waals surface area contributed by atoms with Gasteiger partial charge in [-0.25, -0.2) is 14.1 Å². The van der Waals surface area contributed by atoms with Gasteiger partial charge in [-0.3, -0.25) is 4.79 Å². The van der Waals surface area contributed by atoms with Crippen LogP contribution < -0.4 is 9.64 Å². The number of imide groups is 1. The summed E-state index contributed by atoms with van der Waals surface area (Å²) in [5.41, 5.74) is 0.209. The van der Waals surface area contributed by atoms with Gasteiger partial charge in [-0.1, -0.05) is 18.2 Å². The Kier molecular flexibility index (Phi) is 4.23. The maximum absolute atomic E-state index is 14.1. The van der Waals surface area contributed by atoms with Gasteiger partial charge in [0.25, 0.3) is 0 Å². The number of hydrogen-bond acceptors (Lipinski definition) is 4. The molecule has 1 fully saturated rings. The number of allylic oxidation sites excluding steroid dienone is 2. The summed E-state index contributed by atoms with van der Waals surface area (Å²) in [5.74, 6) is -1.31. The van der Waals surface area contributed by atoms with E-state index < -0.39 is 17.8 Å². The molecular formula is C15H13ClFNO4. The molecule has 116 valence electrons. The van der Waals surface area contributed by atoms with Gasteiger partial charge in [0, 0.05) is 6.07 Å². The Morgan fingerprint density at radius 3 is 2.45 bits per heavy atom. The second-order valence-corrected chi connectivity index (χ2v) is 5.28. The number of anilines is 1. The Balaban J connectivity index is 2.53. The number of amides is 2. The molecule has 2 amide bonds. The van der Waals surface area contributed by atoms with Crippen LogP contribution in [-0.4, -0.2) is 12.0 Å². The largest absolute Gasteiger partial charge is 0.461 e. The van der Waals surface area contributed by atoms with E-state index in [1.807, 2.05) is 0 Å². The highest BCUT2D eigenvalue weighted by Gasteiger charge is 2.40. The minimum Gasteiger partial charge on any atom is -0.461 e. The maximum Gasteiger partial charge on any atom is 0.427 e. The van der Waals surface area contributed by atoms with Crippen LogP contribution in [0.25, 0.3) is 0 Å². The molecule has 0 aromatic heterocycles. The normalized spacial score (nSPS) is 14.2. The summed E-state index contributed by atoms with van der Waals surface area (Å²) in [7, 11) is 0. The quantitative estimate of drug-likeness (QED) is 0.618. The zero-order valence-corrected chi connectivity index (χ0v) is 13.0. The number of nitrogens with zero attached hydrogens (tertiary/aromatic N) is 1. The highest BCUT2D eigenvalue weighted by molar-refractivity contribution is 6.32. The fourth-order valence-corrected chi connectivity index (χ4v) is 2.03. The maximum atomic E-state index is 14.1. The molecule has 5 nitrogen and oxygen atoms in total. The van der Waals surface area contributed by atoms with Crippen molar-refractivity contribution < 1.29 is 23.5 Å². The van der Waals surface area contributed by atoms with Crippen molar-refractivity contribution in [2.75, 3.05) is 4.90 Å². The Morgan fingerprint density at radius 1 is 1.32 bits per heavy atom. The molecular weight excluding hydrogens is 313 g/mol. The van der Waals surface area contributed by atoms with E-state index in [4.69, 9.17) is 21.1 Å². The number of benzene rings is 1. The molecule has 1 aliphatic rings. The van der Waals surface area contributed by atoms with Crippen molar-refractivity contribution in [2.24, 2.45) is 0 Å². The molecule has 0 radical (unpaired) electrons. The van der Waals surface area contributed by atoms with Crippen LogP contribution in [0.1, 0.15) is 20.8 Å². The number of ether oxygens (including phenoxy) is 2. The monoisotopic (exact) mass is 325 g/mol. The molecule has 1 saturated heterocycles. The van der Waals surface area contributed by atoms with Gasteiger partial charge >= 0.3 is 12.0 Å². The van der Waals surface area contributed by atoms with Gasteiger partial charge in [0.1, 0.15) is 11.6 Å². The summed E-state index contributed by atoms with van der Waals surface area (Å²) in [6.45, 7) is 8.35. The predicted molar refractivity (Wildman–Crippen MR) is 79.2 cm³/mol. The fourth-order valence-electron chi connectivity index (χ4n) is 1.84. The van der Waals surface area contributed by atoms with Gasteiger partial charge in [-0.05, 0) is 32.4 Å². The molecule has 22 heavy (non-hydrogen) atoms. The van der Waals surface area contributed by atoms with Gasteiger partial charge in [-0.2, -0.15) is 0 Å². The summed E-state index contributed by atoms with van der Waals surface area (Å²) in [4.78, 5) is 24.7. The molecule has 2 rings (SSSR count). The lowest BCUT2D eigenvalue weighted by Crippen LogP contribution is -2.29. The Labute approximate surface area is 131 Å². The fraction of sp³-hybridized carbons (Fsp3) is 0.200. The predicted octanol–water partition coefficient (Wildman–Crippen LogP) is 4.17. The minimum absolute atomic E-state index is 0.00768. The molecule has 0 bridgehead atoms. The lowest BCUT2D eigenvalue weighted by atomic mass is 10.2. The summed E-state index contributed by atoms with van der Waals surface area (Å²) < 4.78 is 24.2. The SMILES string of the molecule is C=C(C)Oc1cc(N2C(=O)OC(=C(C)C)C2=O)c(F)cc1Cl. The van der Waals surface area contributed by atoms with Gasteiger partial charge in [0.2, 0.25) is 0 Å². The van der Waals surface area contributed by atoms with E-state index in [0.29, 0.717) is 16.2 Å². The van der Waals surface area contributed by atoms with Gasteiger partial charge < -0.3 is 9.47 Å². The van der Waals surface area contributed by atoms with E-state index in [0.717, 1.165) is 12.1 Å². The van der Waals surface area contributed by atoms with Gasteiger partial charge in [-0.15, -0.1) is 0 Å². The Morgan fingerprint density at radius 2 is 1.95 bits per heavy atom. The average Bonchev–Trinajstić information content (AvgIpc) is 2.68. The van der Waals surface area contributed by atoms with E-state index in [2.05, 4.69) is 6.58 Å². The van der Waals surface area contributed by atoms with Crippen molar-refractivity contribution in [2.45, 2.75) is 20.8 Å². The van der Waals surface area contributed by atoms with Crippen LogP contribution in [0.3, 0.4) is 0 Å². The molecule has 1 aliphatic heterocycles. The number of carbonyl (C=O) groups excluding carboxylic acids is 2. The van der Waals surface area contributed by atoms with E-state index >= 15 is 0 Å². The number of carbonyl (C=O) groups is 2. The van der Waals surface area contributed by atoms with Gasteiger partial charge in [0.15, 0.2) is 5.76 Å². The molecule has 0 N–H and O–H groups in total. The zero-order valence-electron chi connectivity index (χ0n) is 12.2. The van der Waals surface area contributed by atoms with Crippen LogP contribution in [0.15, 0.2) is 35.8 Å². The Hall–Kier alpha value is -2.34. The van der Waals surface area contributed by atoms with Crippen molar-refractivity contribution in [1.29, 1.82) is 0 Å². The second-order valence-electron chi connectivity index (χ2n) is 4.88. The summed E-state index contributed by atoms with van der Waals surface area (Å²) in [6, 6.07) is 2.11. The smallest absolute Gasteiger partial charge is 0.427 e. The molecule has 0 saturated carbocycles. The van der Waals surface area contributed by atoms with Crippen LogP contribution in [0.5, 0.6) is 5.75 Å². The second kappa shape index (κ2) is 5.81. The lowest BCUT2D eigenvalue weighted by Gasteiger charge is -2.14. The number of hydrogen-bond donors (Lipinski definition) is 0. The van der Waals surface area contributed by atoms with Crippen LogP contribution in [0.2, 0.25) is 5.02 Å². The first-order valence-electron chi connectivity index (χ1n) is 6.28. The van der Waals surface area contributed by atoms with Crippen LogP contribution in [-0.2, 0) is 9.53 Å². The summed E-state index contributed by atoms with van der Waals surface area (Å²) >= 11 is 5.87. The standard InChI is InChI=1S/C15H13ClFNO4/c1-7(2)13-14(19)18(15(20)22-13)11-6-12(21-8(3)4)9(16)5-10(11)17/h5-6H,3H2,1-2,4H3. The first-order valence-corrected chi connectivity index (χ1v) is 6.66.